The van der Waals surface area contributed by atoms with Gasteiger partial charge in [0.05, 0.1) is 11.5 Å². The Morgan fingerprint density at radius 1 is 1.16 bits per heavy atom. The van der Waals surface area contributed by atoms with Crippen molar-refractivity contribution in [2.24, 2.45) is 0 Å². The van der Waals surface area contributed by atoms with E-state index >= 15 is 0 Å². The van der Waals surface area contributed by atoms with Crippen LogP contribution >= 0.6 is 0 Å². The molecular formula is C23H15N3O5S. The third-order valence-electron chi connectivity index (χ3n) is 4.87. The molecule has 32 heavy (non-hydrogen) atoms. The molecule has 0 fully saturated rings. The Bertz CT molecular complexity index is 1300. The molecule has 1 N–H and O–H groups in total. The molecule has 0 aliphatic carbocycles. The number of hydrogen-bond donors (Lipinski definition) is 1. The average Bonchev–Trinajstić information content (AvgIpc) is 3.38. The molecule has 2 aliphatic rings. The summed E-state index contributed by atoms with van der Waals surface area (Å²) in [6.07, 6.45) is 2.45. The molecule has 0 bridgehead atoms. The molecule has 158 valence electrons. The van der Waals surface area contributed by atoms with E-state index in [2.05, 4.69) is 14.6 Å². The summed E-state index contributed by atoms with van der Waals surface area (Å²) in [5.41, 5.74) is 1.97. The number of carbonyl (C=O) groups excluding carboxylic acids is 1. The van der Waals surface area contributed by atoms with E-state index in [1.54, 1.807) is 42.5 Å². The van der Waals surface area contributed by atoms with Gasteiger partial charge in [0, 0.05) is 17.8 Å². The maximum Gasteiger partial charge on any atom is 0.257 e. The number of rotatable bonds is 5. The third-order valence-corrected chi connectivity index (χ3v) is 6.01. The average molecular weight is 445 g/mol. The minimum atomic E-state index is -1.54. The SMILES string of the molecule is [C-]#[N+]c1ccc(Oc2cccc3c2OC[C@H]3Oc2ccc(C3=CC(=O)NS3=O)cc2)nc1. The van der Waals surface area contributed by atoms with E-state index in [0.29, 0.717) is 45.9 Å². The summed E-state index contributed by atoms with van der Waals surface area (Å²) in [4.78, 5) is 19.3. The number of pyridine rings is 1. The Balaban J connectivity index is 1.32. The van der Waals surface area contributed by atoms with Crippen molar-refractivity contribution in [2.45, 2.75) is 6.10 Å². The molecule has 0 radical (unpaired) electrons. The number of nitrogens with one attached hydrogen (secondary N) is 1. The molecule has 2 aliphatic heterocycles. The van der Waals surface area contributed by atoms with Crippen molar-refractivity contribution in [3.63, 3.8) is 0 Å². The highest BCUT2D eigenvalue weighted by Gasteiger charge is 2.29. The predicted molar refractivity (Wildman–Crippen MR) is 117 cm³/mol. The van der Waals surface area contributed by atoms with Gasteiger partial charge in [-0.25, -0.2) is 14.0 Å². The van der Waals surface area contributed by atoms with Crippen LogP contribution in [0, 0.1) is 6.57 Å². The molecule has 0 spiro atoms. The van der Waals surface area contributed by atoms with Gasteiger partial charge in [-0.05, 0) is 35.9 Å². The standard InChI is InChI=1S/C23H15N3O5S/c1-24-15-7-10-22(25-12-15)31-18-4-2-3-17-19(13-29-23(17)18)30-16-8-5-14(6-9-16)20-11-21(27)26-32(20)28/h2-12,19H,13H2,(H,26,27)/t19-,32?/m1/s1. The first-order valence-corrected chi connectivity index (χ1v) is 10.7. The van der Waals surface area contributed by atoms with E-state index in [0.717, 1.165) is 5.56 Å². The van der Waals surface area contributed by atoms with Gasteiger partial charge in [-0.1, -0.05) is 24.3 Å². The molecule has 5 rings (SSSR count). The Hall–Kier alpha value is -4.16. The zero-order valence-corrected chi connectivity index (χ0v) is 17.3. The molecule has 1 unspecified atom stereocenters. The normalized spacial score (nSPS) is 18.7. The van der Waals surface area contributed by atoms with Gasteiger partial charge < -0.3 is 14.2 Å². The molecule has 0 saturated heterocycles. The van der Waals surface area contributed by atoms with Gasteiger partial charge in [0.15, 0.2) is 28.6 Å². The van der Waals surface area contributed by atoms with E-state index in [4.69, 9.17) is 20.8 Å². The van der Waals surface area contributed by atoms with E-state index in [-0.39, 0.29) is 12.0 Å². The quantitative estimate of drug-likeness (QED) is 0.596. The van der Waals surface area contributed by atoms with Crippen LogP contribution < -0.4 is 18.9 Å². The fourth-order valence-corrected chi connectivity index (χ4v) is 4.30. The van der Waals surface area contributed by atoms with Crippen LogP contribution in [0.4, 0.5) is 5.69 Å². The number of carbonyl (C=O) groups is 1. The molecule has 1 aromatic heterocycles. The lowest BCUT2D eigenvalue weighted by Gasteiger charge is -2.13. The molecule has 9 heteroatoms. The molecule has 0 saturated carbocycles. The Morgan fingerprint density at radius 3 is 2.69 bits per heavy atom. The van der Waals surface area contributed by atoms with Gasteiger partial charge >= 0.3 is 0 Å². The number of aromatic nitrogens is 1. The Kier molecular flexibility index (Phi) is 5.05. The second kappa shape index (κ2) is 8.17. The highest BCUT2D eigenvalue weighted by molar-refractivity contribution is 7.93. The van der Waals surface area contributed by atoms with Crippen LogP contribution in [0.25, 0.3) is 9.75 Å². The maximum absolute atomic E-state index is 11.9. The lowest BCUT2D eigenvalue weighted by atomic mass is 10.1. The van der Waals surface area contributed by atoms with Gasteiger partial charge in [0.1, 0.15) is 12.4 Å². The number of ether oxygens (including phenoxy) is 3. The molecule has 3 aromatic rings. The number of benzene rings is 2. The highest BCUT2D eigenvalue weighted by atomic mass is 32.2. The zero-order valence-electron chi connectivity index (χ0n) is 16.5. The van der Waals surface area contributed by atoms with E-state index in [1.807, 2.05) is 12.1 Å². The van der Waals surface area contributed by atoms with E-state index < -0.39 is 11.0 Å². The topological polar surface area (TPSA) is 91.1 Å². The van der Waals surface area contributed by atoms with Crippen molar-refractivity contribution >= 4 is 27.5 Å². The number of nitrogens with zero attached hydrogens (tertiary/aromatic N) is 2. The first-order valence-electron chi connectivity index (χ1n) is 9.59. The van der Waals surface area contributed by atoms with E-state index in [9.17, 15) is 9.00 Å². The summed E-state index contributed by atoms with van der Waals surface area (Å²) in [6.45, 7) is 7.31. The Morgan fingerprint density at radius 2 is 2.00 bits per heavy atom. The van der Waals surface area contributed by atoms with Crippen molar-refractivity contribution < 1.29 is 23.2 Å². The van der Waals surface area contributed by atoms with Crippen molar-refractivity contribution in [3.05, 3.63) is 89.4 Å². The molecular weight excluding hydrogens is 430 g/mol. The molecule has 1 amide bonds. The fraction of sp³-hybridized carbons (Fsp3) is 0.0870. The molecule has 2 aromatic carbocycles. The van der Waals surface area contributed by atoms with Crippen molar-refractivity contribution in [1.29, 1.82) is 0 Å². The van der Waals surface area contributed by atoms with Gasteiger partial charge in [-0.2, -0.15) is 0 Å². The first kappa shape index (κ1) is 19.8. The fourth-order valence-electron chi connectivity index (χ4n) is 3.38. The zero-order chi connectivity index (χ0) is 22.1. The van der Waals surface area contributed by atoms with Crippen LogP contribution in [0.15, 0.2) is 66.9 Å². The van der Waals surface area contributed by atoms with Crippen molar-refractivity contribution in [3.8, 4) is 23.1 Å². The number of fused-ring (bicyclic) bond motifs is 1. The molecule has 2 atom stereocenters. The minimum absolute atomic E-state index is 0.315. The van der Waals surface area contributed by atoms with Crippen LogP contribution in [0.3, 0.4) is 0 Å². The number of hydrogen-bond acceptors (Lipinski definition) is 6. The maximum atomic E-state index is 11.9. The summed E-state index contributed by atoms with van der Waals surface area (Å²) < 4.78 is 32.0. The summed E-state index contributed by atoms with van der Waals surface area (Å²) >= 11 is 0. The van der Waals surface area contributed by atoms with Crippen LogP contribution in [-0.2, 0) is 15.8 Å². The second-order valence-corrected chi connectivity index (χ2v) is 8.11. The van der Waals surface area contributed by atoms with Crippen LogP contribution in [0.2, 0.25) is 0 Å². The Labute approximate surface area is 185 Å². The smallest absolute Gasteiger partial charge is 0.257 e. The predicted octanol–water partition coefficient (Wildman–Crippen LogP) is 4.07. The van der Waals surface area contributed by atoms with Crippen LogP contribution in [0.1, 0.15) is 17.2 Å². The summed E-state index contributed by atoms with van der Waals surface area (Å²) in [5.74, 6) is 1.71. The summed E-state index contributed by atoms with van der Waals surface area (Å²) in [7, 11) is -1.54. The first-order chi connectivity index (χ1) is 15.6. The lowest BCUT2D eigenvalue weighted by Crippen LogP contribution is -2.16. The molecule has 3 heterocycles. The highest BCUT2D eigenvalue weighted by Crippen LogP contribution is 2.43. The van der Waals surface area contributed by atoms with Crippen molar-refractivity contribution in [1.82, 2.24) is 9.71 Å². The monoisotopic (exact) mass is 445 g/mol. The number of para-hydroxylation sites is 1. The molecule has 8 nitrogen and oxygen atoms in total. The van der Waals surface area contributed by atoms with Gasteiger partial charge in [0.25, 0.3) is 5.91 Å². The van der Waals surface area contributed by atoms with Gasteiger partial charge in [0.2, 0.25) is 11.6 Å². The van der Waals surface area contributed by atoms with Crippen molar-refractivity contribution in [2.75, 3.05) is 6.61 Å². The third kappa shape index (κ3) is 3.79. The van der Waals surface area contributed by atoms with Crippen LogP contribution in [-0.4, -0.2) is 21.7 Å². The summed E-state index contributed by atoms with van der Waals surface area (Å²) in [6, 6.07) is 15.8. The van der Waals surface area contributed by atoms with E-state index in [1.165, 1.54) is 12.3 Å². The largest absolute Gasteiger partial charge is 0.485 e. The number of amides is 1. The second-order valence-electron chi connectivity index (χ2n) is 6.93. The van der Waals surface area contributed by atoms with Gasteiger partial charge in [-0.3, -0.25) is 9.52 Å². The minimum Gasteiger partial charge on any atom is -0.485 e. The van der Waals surface area contributed by atoms with Gasteiger partial charge in [-0.15, -0.1) is 0 Å². The van der Waals surface area contributed by atoms with Crippen LogP contribution in [0.5, 0.6) is 23.1 Å². The lowest BCUT2D eigenvalue weighted by molar-refractivity contribution is -0.114. The summed E-state index contributed by atoms with van der Waals surface area (Å²) in [5, 5.41) is 0.